The number of thioether (sulfide) groups is 1. The van der Waals surface area contributed by atoms with Gasteiger partial charge in [0, 0.05) is 0 Å². The van der Waals surface area contributed by atoms with Gasteiger partial charge in [0.2, 0.25) is 17.7 Å². The molecule has 1 rings (SSSR count). The zero-order valence-electron chi connectivity index (χ0n) is 20.2. The van der Waals surface area contributed by atoms with Crippen molar-refractivity contribution in [2.24, 2.45) is 11.7 Å². The number of rotatable bonds is 15. The maximum absolute atomic E-state index is 12.8. The number of carbonyl (C=O) groups is 4. The number of hydrogen-bond donors (Lipinski definition) is 7. The maximum Gasteiger partial charge on any atom is 0.326 e. The van der Waals surface area contributed by atoms with Crippen LogP contribution in [0.4, 0.5) is 0 Å². The van der Waals surface area contributed by atoms with Crippen molar-refractivity contribution in [3.05, 3.63) is 29.8 Å². The first-order valence-electron chi connectivity index (χ1n) is 11.3. The zero-order chi connectivity index (χ0) is 26.5. The monoisotopic (exact) mass is 512 g/mol. The van der Waals surface area contributed by atoms with Crippen molar-refractivity contribution in [2.75, 3.05) is 18.6 Å². The molecule has 5 unspecified atom stereocenters. The molecule has 0 aliphatic rings. The van der Waals surface area contributed by atoms with Gasteiger partial charge in [-0.15, -0.1) is 0 Å². The second-order valence-corrected chi connectivity index (χ2v) is 9.26. The number of aliphatic hydroxyl groups excluding tert-OH is 1. The van der Waals surface area contributed by atoms with Gasteiger partial charge in [-0.25, -0.2) is 4.79 Å². The highest BCUT2D eigenvalue weighted by Gasteiger charge is 2.32. The highest BCUT2D eigenvalue weighted by atomic mass is 32.2. The Balaban J connectivity index is 2.84. The Hall–Kier alpha value is -2.83. The Morgan fingerprint density at radius 2 is 1.60 bits per heavy atom. The molecule has 0 fully saturated rings. The van der Waals surface area contributed by atoms with Crippen molar-refractivity contribution in [3.8, 4) is 5.75 Å². The number of phenolic OH excluding ortho intramolecular Hbond substituents is 1. The molecule has 0 radical (unpaired) electrons. The van der Waals surface area contributed by atoms with E-state index in [0.29, 0.717) is 17.7 Å². The highest BCUT2D eigenvalue weighted by Crippen LogP contribution is 2.12. The van der Waals surface area contributed by atoms with Crippen molar-refractivity contribution >= 4 is 35.5 Å². The number of phenols is 1. The molecule has 35 heavy (non-hydrogen) atoms. The molecule has 0 spiro atoms. The lowest BCUT2D eigenvalue weighted by Crippen LogP contribution is -2.59. The van der Waals surface area contributed by atoms with Crippen LogP contribution in [0.2, 0.25) is 0 Å². The zero-order valence-corrected chi connectivity index (χ0v) is 21.0. The number of carboxylic acid groups (broad SMARTS) is 1. The molecule has 8 N–H and O–H groups in total. The number of aliphatic hydroxyl groups is 1. The number of aromatic hydroxyl groups is 1. The van der Waals surface area contributed by atoms with Crippen LogP contribution in [-0.2, 0) is 25.6 Å². The predicted octanol–water partition coefficient (Wildman–Crippen LogP) is -0.407. The third kappa shape index (κ3) is 10.1. The quantitative estimate of drug-likeness (QED) is 0.164. The minimum absolute atomic E-state index is 0.0719. The van der Waals surface area contributed by atoms with E-state index < -0.39 is 54.5 Å². The van der Waals surface area contributed by atoms with Crippen LogP contribution in [0.1, 0.15) is 32.3 Å². The second-order valence-electron chi connectivity index (χ2n) is 8.27. The molecule has 0 aliphatic carbocycles. The summed E-state index contributed by atoms with van der Waals surface area (Å²) in [5, 5.41) is 35.8. The number of nitrogens with one attached hydrogen (secondary N) is 3. The lowest BCUT2D eigenvalue weighted by molar-refractivity contribution is -0.142. The van der Waals surface area contributed by atoms with Crippen molar-refractivity contribution in [3.63, 3.8) is 0 Å². The molecule has 196 valence electrons. The average molecular weight is 513 g/mol. The van der Waals surface area contributed by atoms with Gasteiger partial charge < -0.3 is 37.0 Å². The third-order valence-corrected chi connectivity index (χ3v) is 6.21. The fourth-order valence-corrected chi connectivity index (χ4v) is 3.63. The second kappa shape index (κ2) is 15.2. The van der Waals surface area contributed by atoms with Gasteiger partial charge >= 0.3 is 5.97 Å². The fourth-order valence-electron chi connectivity index (χ4n) is 3.16. The van der Waals surface area contributed by atoms with Crippen LogP contribution in [0.5, 0.6) is 5.75 Å². The normalized spacial score (nSPS) is 15.2. The van der Waals surface area contributed by atoms with Gasteiger partial charge in [-0.05, 0) is 48.5 Å². The van der Waals surface area contributed by atoms with Gasteiger partial charge in [0.1, 0.15) is 23.9 Å². The SMILES string of the molecule is CCC(C)C(NC(=O)C(CO)NC(=O)C(N)Cc1ccc(O)cc1)C(=O)NC(CCSC)C(=O)O. The van der Waals surface area contributed by atoms with E-state index in [0.717, 1.165) is 0 Å². The molecule has 0 saturated heterocycles. The standard InChI is InChI=1S/C23H36N4O7S/c1-4-13(2)19(22(32)25-17(23(33)34)9-10-35-3)27-21(31)18(12-28)26-20(30)16(24)11-14-5-7-15(29)8-6-14/h5-8,13,16-19,28-29H,4,9-12,24H2,1-3H3,(H,25,32)(H,26,30)(H,27,31)(H,33,34). The number of nitrogens with two attached hydrogens (primary N) is 1. The number of aliphatic carboxylic acids is 1. The van der Waals surface area contributed by atoms with Crippen molar-refractivity contribution in [2.45, 2.75) is 57.3 Å². The number of carboxylic acids is 1. The van der Waals surface area contributed by atoms with Crippen molar-refractivity contribution in [1.82, 2.24) is 16.0 Å². The van der Waals surface area contributed by atoms with E-state index >= 15 is 0 Å². The van der Waals surface area contributed by atoms with Gasteiger partial charge in [0.05, 0.1) is 12.6 Å². The van der Waals surface area contributed by atoms with Crippen LogP contribution in [0.25, 0.3) is 0 Å². The summed E-state index contributed by atoms with van der Waals surface area (Å²) in [5.74, 6) is -3.06. The number of carbonyl (C=O) groups excluding carboxylic acids is 3. The van der Waals surface area contributed by atoms with Crippen LogP contribution >= 0.6 is 11.8 Å². The summed E-state index contributed by atoms with van der Waals surface area (Å²) in [7, 11) is 0. The molecule has 12 heteroatoms. The molecule has 1 aromatic rings. The third-order valence-electron chi connectivity index (χ3n) is 5.56. The van der Waals surface area contributed by atoms with E-state index in [2.05, 4.69) is 16.0 Å². The van der Waals surface area contributed by atoms with Crippen molar-refractivity contribution < 1.29 is 34.5 Å². The van der Waals surface area contributed by atoms with Gasteiger partial charge in [-0.1, -0.05) is 32.4 Å². The number of hydrogen-bond acceptors (Lipinski definition) is 8. The maximum atomic E-state index is 12.8. The molecular formula is C23H36N4O7S. The minimum atomic E-state index is -1.36. The Labute approximate surface area is 209 Å². The molecular weight excluding hydrogens is 476 g/mol. The van der Waals surface area contributed by atoms with Gasteiger partial charge in [-0.3, -0.25) is 14.4 Å². The summed E-state index contributed by atoms with van der Waals surface area (Å²) in [6.45, 7) is 2.80. The summed E-state index contributed by atoms with van der Waals surface area (Å²) in [6, 6.07) is 1.57. The fraction of sp³-hybridized carbons (Fsp3) is 0.565. The first-order chi connectivity index (χ1) is 16.5. The molecule has 5 atom stereocenters. The van der Waals surface area contributed by atoms with Gasteiger partial charge in [-0.2, -0.15) is 11.8 Å². The Kier molecular flexibility index (Phi) is 13.1. The molecule has 0 bridgehead atoms. The van der Waals surface area contributed by atoms with Gasteiger partial charge in [0.25, 0.3) is 0 Å². The number of amides is 3. The van der Waals surface area contributed by atoms with E-state index in [9.17, 15) is 34.5 Å². The first kappa shape index (κ1) is 30.2. The molecule has 0 aliphatic heterocycles. The van der Waals surface area contributed by atoms with E-state index in [1.165, 1.54) is 23.9 Å². The Bertz CT molecular complexity index is 853. The van der Waals surface area contributed by atoms with E-state index in [-0.39, 0.29) is 24.5 Å². The molecule has 3 amide bonds. The minimum Gasteiger partial charge on any atom is -0.508 e. The van der Waals surface area contributed by atoms with Crippen molar-refractivity contribution in [1.29, 1.82) is 0 Å². The summed E-state index contributed by atoms with van der Waals surface area (Å²) in [4.78, 5) is 49.6. The summed E-state index contributed by atoms with van der Waals surface area (Å²) < 4.78 is 0. The summed E-state index contributed by atoms with van der Waals surface area (Å²) in [6.07, 6.45) is 2.69. The largest absolute Gasteiger partial charge is 0.508 e. The number of benzene rings is 1. The van der Waals surface area contributed by atoms with Crippen LogP contribution in [0.15, 0.2) is 24.3 Å². The molecule has 0 saturated carbocycles. The highest BCUT2D eigenvalue weighted by molar-refractivity contribution is 7.98. The predicted molar refractivity (Wildman–Crippen MR) is 133 cm³/mol. The van der Waals surface area contributed by atoms with E-state index in [1.807, 2.05) is 13.2 Å². The molecule has 0 aromatic heterocycles. The molecule has 0 heterocycles. The average Bonchev–Trinajstić information content (AvgIpc) is 2.83. The van der Waals surface area contributed by atoms with Gasteiger partial charge in [0.15, 0.2) is 0 Å². The molecule has 1 aromatic carbocycles. The van der Waals surface area contributed by atoms with E-state index in [4.69, 9.17) is 5.73 Å². The van der Waals surface area contributed by atoms with Crippen LogP contribution in [0, 0.1) is 5.92 Å². The topological polar surface area (TPSA) is 191 Å². The van der Waals surface area contributed by atoms with Crippen LogP contribution < -0.4 is 21.7 Å². The van der Waals surface area contributed by atoms with Crippen LogP contribution in [-0.4, -0.2) is 81.8 Å². The van der Waals surface area contributed by atoms with Crippen LogP contribution in [0.3, 0.4) is 0 Å². The Morgan fingerprint density at radius 3 is 2.11 bits per heavy atom. The Morgan fingerprint density at radius 1 is 1.00 bits per heavy atom. The smallest absolute Gasteiger partial charge is 0.326 e. The van der Waals surface area contributed by atoms with E-state index in [1.54, 1.807) is 19.1 Å². The summed E-state index contributed by atoms with van der Waals surface area (Å²) in [5.41, 5.74) is 6.62. The lowest BCUT2D eigenvalue weighted by Gasteiger charge is -2.27. The first-order valence-corrected chi connectivity index (χ1v) is 12.7. The molecule has 11 nitrogen and oxygen atoms in total. The summed E-state index contributed by atoms with van der Waals surface area (Å²) >= 11 is 1.45. The lowest BCUT2D eigenvalue weighted by atomic mass is 9.97.